The first-order chi connectivity index (χ1) is 13.0. The van der Waals surface area contributed by atoms with Gasteiger partial charge in [-0.15, -0.1) is 11.3 Å². The number of piperazine rings is 1. The summed E-state index contributed by atoms with van der Waals surface area (Å²) in [5.41, 5.74) is 1.54. The summed E-state index contributed by atoms with van der Waals surface area (Å²) in [5.74, 6) is -0.0809. The highest BCUT2D eigenvalue weighted by atomic mass is 32.1. The molecule has 0 radical (unpaired) electrons. The Kier molecular flexibility index (Phi) is 4.92. The van der Waals surface area contributed by atoms with E-state index in [0.29, 0.717) is 31.6 Å². The summed E-state index contributed by atoms with van der Waals surface area (Å²) >= 11 is 1.74. The second-order valence-electron chi connectivity index (χ2n) is 6.99. The predicted molar refractivity (Wildman–Crippen MR) is 106 cm³/mol. The molecule has 1 aromatic carbocycles. The van der Waals surface area contributed by atoms with Gasteiger partial charge in [0, 0.05) is 46.1 Å². The largest absolute Gasteiger partial charge is 0.335 e. The van der Waals surface area contributed by atoms with Gasteiger partial charge in [-0.05, 0) is 19.1 Å². The molecule has 0 bridgehead atoms. The number of thiazole rings is 1. The molecular formula is C19H23N5O2S. The van der Waals surface area contributed by atoms with E-state index in [1.807, 2.05) is 23.1 Å². The second-order valence-corrected chi connectivity index (χ2v) is 8.05. The minimum Gasteiger partial charge on any atom is -0.335 e. The van der Waals surface area contributed by atoms with Gasteiger partial charge in [-0.2, -0.15) is 5.10 Å². The number of para-hydroxylation sites is 1. The van der Waals surface area contributed by atoms with Crippen molar-refractivity contribution in [3.63, 3.8) is 0 Å². The molecule has 7 nitrogen and oxygen atoms in total. The van der Waals surface area contributed by atoms with E-state index < -0.39 is 0 Å². The number of benzene rings is 1. The number of amides is 2. The lowest BCUT2D eigenvalue weighted by Crippen LogP contribution is -2.51. The van der Waals surface area contributed by atoms with E-state index in [-0.39, 0.29) is 17.9 Å². The summed E-state index contributed by atoms with van der Waals surface area (Å²) in [5, 5.41) is 6.55. The molecule has 3 heterocycles. The zero-order chi connectivity index (χ0) is 19.0. The summed E-state index contributed by atoms with van der Waals surface area (Å²) in [6.07, 6.45) is 0.792. The van der Waals surface area contributed by atoms with Crippen molar-refractivity contribution in [3.8, 4) is 0 Å². The van der Waals surface area contributed by atoms with Crippen LogP contribution >= 0.6 is 11.3 Å². The van der Waals surface area contributed by atoms with Gasteiger partial charge < -0.3 is 4.90 Å². The summed E-state index contributed by atoms with van der Waals surface area (Å²) in [6, 6.07) is 8.44. The molecule has 4 rings (SSSR count). The van der Waals surface area contributed by atoms with Gasteiger partial charge in [0.2, 0.25) is 5.91 Å². The van der Waals surface area contributed by atoms with Gasteiger partial charge in [0.05, 0.1) is 16.3 Å². The van der Waals surface area contributed by atoms with Crippen molar-refractivity contribution in [2.45, 2.75) is 25.8 Å². The third-order valence-electron chi connectivity index (χ3n) is 5.27. The van der Waals surface area contributed by atoms with E-state index in [0.717, 1.165) is 23.6 Å². The molecule has 1 fully saturated rings. The van der Waals surface area contributed by atoms with Crippen molar-refractivity contribution >= 4 is 39.1 Å². The molecule has 1 aromatic heterocycles. The average Bonchev–Trinajstić information content (AvgIpc) is 3.13. The van der Waals surface area contributed by atoms with Gasteiger partial charge in [0.25, 0.3) is 5.91 Å². The molecule has 2 amide bonds. The van der Waals surface area contributed by atoms with Crippen molar-refractivity contribution in [2.75, 3.05) is 33.2 Å². The Balaban J connectivity index is 1.39. The van der Waals surface area contributed by atoms with Crippen molar-refractivity contribution in [1.82, 2.24) is 19.8 Å². The van der Waals surface area contributed by atoms with Crippen LogP contribution in [0, 0.1) is 0 Å². The number of hydrogen-bond donors (Lipinski definition) is 0. The molecule has 1 unspecified atom stereocenters. The zero-order valence-corrected chi connectivity index (χ0v) is 16.4. The van der Waals surface area contributed by atoms with Crippen molar-refractivity contribution in [1.29, 1.82) is 0 Å². The quantitative estimate of drug-likeness (QED) is 0.811. The van der Waals surface area contributed by atoms with Crippen molar-refractivity contribution in [3.05, 3.63) is 29.3 Å². The molecule has 1 atom stereocenters. The molecule has 2 aliphatic heterocycles. The van der Waals surface area contributed by atoms with Crippen LogP contribution in [0.5, 0.6) is 0 Å². The number of rotatable bonds is 3. The highest BCUT2D eigenvalue weighted by molar-refractivity contribution is 7.18. The van der Waals surface area contributed by atoms with Crippen LogP contribution in [0.4, 0.5) is 0 Å². The summed E-state index contributed by atoms with van der Waals surface area (Å²) in [4.78, 5) is 33.2. The first-order valence-electron chi connectivity index (χ1n) is 9.26. The lowest BCUT2D eigenvalue weighted by atomic mass is 10.1. The van der Waals surface area contributed by atoms with Gasteiger partial charge in [0.15, 0.2) is 0 Å². The highest BCUT2D eigenvalue weighted by Gasteiger charge is 2.30. The second kappa shape index (κ2) is 7.36. The summed E-state index contributed by atoms with van der Waals surface area (Å²) in [6.45, 7) is 5.15. The number of carbonyl (C=O) groups excluding carboxylic acids is 2. The number of hydrogen-bond acceptors (Lipinski definition) is 6. The van der Waals surface area contributed by atoms with Crippen LogP contribution in [0.3, 0.4) is 0 Å². The molecule has 0 aliphatic carbocycles. The standard InChI is InChI=1S/C19H23N5O2S/c1-13(18-20-14-5-3-4-6-16(14)27-18)23-9-11-24(12-10-23)19(26)15-7-8-17(25)22(2)21-15/h3-6,13H,7-12H2,1-2H3. The Morgan fingerprint density at radius 1 is 1.15 bits per heavy atom. The fourth-order valence-electron chi connectivity index (χ4n) is 3.54. The molecule has 2 aromatic rings. The van der Waals surface area contributed by atoms with Gasteiger partial charge in [-0.3, -0.25) is 14.5 Å². The fraction of sp³-hybridized carbons (Fsp3) is 0.474. The average molecular weight is 385 g/mol. The first kappa shape index (κ1) is 18.1. The number of nitrogens with zero attached hydrogens (tertiary/aromatic N) is 5. The Hall–Kier alpha value is -2.32. The van der Waals surface area contributed by atoms with E-state index in [1.54, 1.807) is 18.4 Å². The van der Waals surface area contributed by atoms with Crippen LogP contribution in [0.1, 0.15) is 30.8 Å². The van der Waals surface area contributed by atoms with Crippen molar-refractivity contribution < 1.29 is 9.59 Å². The predicted octanol–water partition coefficient (Wildman–Crippen LogP) is 2.11. The minimum absolute atomic E-state index is 0.0401. The number of aromatic nitrogens is 1. The molecule has 8 heteroatoms. The molecule has 27 heavy (non-hydrogen) atoms. The lowest BCUT2D eigenvalue weighted by molar-refractivity contribution is -0.131. The van der Waals surface area contributed by atoms with E-state index >= 15 is 0 Å². The molecule has 0 N–H and O–H groups in total. The van der Waals surface area contributed by atoms with Crippen LogP contribution < -0.4 is 0 Å². The lowest BCUT2D eigenvalue weighted by Gasteiger charge is -2.37. The van der Waals surface area contributed by atoms with Gasteiger partial charge >= 0.3 is 0 Å². The Morgan fingerprint density at radius 3 is 2.59 bits per heavy atom. The van der Waals surface area contributed by atoms with Crippen LogP contribution in [0.15, 0.2) is 29.4 Å². The molecule has 1 saturated heterocycles. The molecule has 2 aliphatic rings. The smallest absolute Gasteiger partial charge is 0.270 e. The number of hydrazone groups is 1. The van der Waals surface area contributed by atoms with E-state index in [4.69, 9.17) is 4.98 Å². The van der Waals surface area contributed by atoms with Crippen LogP contribution in [-0.2, 0) is 9.59 Å². The zero-order valence-electron chi connectivity index (χ0n) is 15.6. The maximum Gasteiger partial charge on any atom is 0.270 e. The van der Waals surface area contributed by atoms with E-state index in [2.05, 4.69) is 23.0 Å². The maximum atomic E-state index is 12.7. The molecule has 0 saturated carbocycles. The summed E-state index contributed by atoms with van der Waals surface area (Å²) < 4.78 is 1.21. The Morgan fingerprint density at radius 2 is 1.89 bits per heavy atom. The molecule has 142 valence electrons. The van der Waals surface area contributed by atoms with Crippen molar-refractivity contribution in [2.24, 2.45) is 5.10 Å². The van der Waals surface area contributed by atoms with E-state index in [9.17, 15) is 9.59 Å². The highest BCUT2D eigenvalue weighted by Crippen LogP contribution is 2.30. The van der Waals surface area contributed by atoms with Crippen LogP contribution in [0.25, 0.3) is 10.2 Å². The summed E-state index contributed by atoms with van der Waals surface area (Å²) in [7, 11) is 1.60. The van der Waals surface area contributed by atoms with Gasteiger partial charge in [-0.25, -0.2) is 9.99 Å². The molecule has 0 spiro atoms. The van der Waals surface area contributed by atoms with Gasteiger partial charge in [0.1, 0.15) is 10.7 Å². The monoisotopic (exact) mass is 385 g/mol. The maximum absolute atomic E-state index is 12.7. The van der Waals surface area contributed by atoms with Gasteiger partial charge in [-0.1, -0.05) is 12.1 Å². The molecular weight excluding hydrogens is 362 g/mol. The van der Waals surface area contributed by atoms with Crippen LogP contribution in [0.2, 0.25) is 0 Å². The SMILES string of the molecule is CC(c1nc2ccccc2s1)N1CCN(C(=O)C2=NN(C)C(=O)CC2)CC1. The van der Waals surface area contributed by atoms with Crippen LogP contribution in [-0.4, -0.2) is 70.5 Å². The van der Waals surface area contributed by atoms with E-state index in [1.165, 1.54) is 9.71 Å². The number of fused-ring (bicyclic) bond motifs is 1. The Bertz CT molecular complexity index is 867. The Labute approximate surface area is 162 Å². The third kappa shape index (κ3) is 3.59. The minimum atomic E-state index is -0.0407. The normalized spacial score (nSPS) is 20.1. The first-order valence-corrected chi connectivity index (χ1v) is 10.1. The third-order valence-corrected chi connectivity index (χ3v) is 6.48. The number of carbonyl (C=O) groups is 2. The topological polar surface area (TPSA) is 69.1 Å². The fourth-order valence-corrected chi connectivity index (χ4v) is 4.60.